The second kappa shape index (κ2) is 4.33. The van der Waals surface area contributed by atoms with Crippen LogP contribution in [0.1, 0.15) is 24.5 Å². The molecule has 0 nitrogen and oxygen atoms in total. The standard InChI is InChI=1S/C22H18/c1-14-6-7-16-13-22-19-9-8-15-4-2-3-5-17(15)18(19)10-11-20(22)21(16)12-14/h2-11,14H,12-13H2,1H3. The van der Waals surface area contributed by atoms with E-state index in [0.717, 1.165) is 6.42 Å². The molecule has 2 aliphatic rings. The van der Waals surface area contributed by atoms with Gasteiger partial charge in [-0.1, -0.05) is 67.6 Å². The average Bonchev–Trinajstić information content (AvgIpc) is 2.92. The van der Waals surface area contributed by atoms with E-state index in [4.69, 9.17) is 0 Å². The first-order chi connectivity index (χ1) is 10.8. The number of benzene rings is 3. The van der Waals surface area contributed by atoms with Gasteiger partial charge >= 0.3 is 0 Å². The third kappa shape index (κ3) is 1.58. The maximum atomic E-state index is 2.36. The summed E-state index contributed by atoms with van der Waals surface area (Å²) in [7, 11) is 0. The van der Waals surface area contributed by atoms with Crippen LogP contribution in [-0.4, -0.2) is 0 Å². The molecule has 0 fully saturated rings. The number of fused-ring (bicyclic) bond motifs is 6. The molecule has 1 atom stereocenters. The summed E-state index contributed by atoms with van der Waals surface area (Å²) in [5.74, 6) is 0.664. The molecule has 0 spiro atoms. The SMILES string of the molecule is CC1C=CC2=C(C1)c1ccc3c(ccc4ccccc43)c1C2. The second-order valence-corrected chi connectivity index (χ2v) is 6.69. The van der Waals surface area contributed by atoms with Crippen LogP contribution in [0.3, 0.4) is 0 Å². The van der Waals surface area contributed by atoms with Gasteiger partial charge < -0.3 is 0 Å². The summed E-state index contributed by atoms with van der Waals surface area (Å²) in [6, 6.07) is 18.0. The average molecular weight is 282 g/mol. The minimum Gasteiger partial charge on any atom is -0.0811 e. The third-order valence-corrected chi connectivity index (χ3v) is 5.27. The van der Waals surface area contributed by atoms with E-state index in [1.165, 1.54) is 44.7 Å². The van der Waals surface area contributed by atoms with Crippen molar-refractivity contribution in [1.29, 1.82) is 0 Å². The molecule has 0 aromatic heterocycles. The maximum Gasteiger partial charge on any atom is -0.00107 e. The molecular weight excluding hydrogens is 264 g/mol. The van der Waals surface area contributed by atoms with E-state index in [1.54, 1.807) is 5.57 Å². The zero-order chi connectivity index (χ0) is 14.7. The minimum atomic E-state index is 0.664. The smallest absolute Gasteiger partial charge is 0.00107 e. The van der Waals surface area contributed by atoms with Crippen LogP contribution in [0, 0.1) is 5.92 Å². The molecule has 0 heterocycles. The van der Waals surface area contributed by atoms with Crippen molar-refractivity contribution in [3.05, 3.63) is 77.4 Å². The molecule has 106 valence electrons. The Labute approximate surface area is 130 Å². The first kappa shape index (κ1) is 12.2. The summed E-state index contributed by atoms with van der Waals surface area (Å²) in [4.78, 5) is 0. The van der Waals surface area contributed by atoms with Crippen LogP contribution in [0.15, 0.2) is 66.3 Å². The van der Waals surface area contributed by atoms with Gasteiger partial charge in [-0.05, 0) is 62.6 Å². The van der Waals surface area contributed by atoms with Crippen LogP contribution in [0.5, 0.6) is 0 Å². The summed E-state index contributed by atoms with van der Waals surface area (Å²) in [5, 5.41) is 5.54. The van der Waals surface area contributed by atoms with Crippen molar-refractivity contribution in [1.82, 2.24) is 0 Å². The summed E-state index contributed by atoms with van der Waals surface area (Å²) >= 11 is 0. The molecule has 0 amide bonds. The van der Waals surface area contributed by atoms with Gasteiger partial charge in [0, 0.05) is 0 Å². The van der Waals surface area contributed by atoms with Gasteiger partial charge in [0.05, 0.1) is 0 Å². The van der Waals surface area contributed by atoms with Gasteiger partial charge in [0.1, 0.15) is 0 Å². The van der Waals surface area contributed by atoms with Crippen LogP contribution in [0.2, 0.25) is 0 Å². The van der Waals surface area contributed by atoms with E-state index < -0.39 is 0 Å². The highest BCUT2D eigenvalue weighted by Gasteiger charge is 2.25. The Morgan fingerprint density at radius 2 is 1.73 bits per heavy atom. The first-order valence-electron chi connectivity index (χ1n) is 8.15. The van der Waals surface area contributed by atoms with E-state index >= 15 is 0 Å². The van der Waals surface area contributed by atoms with Crippen molar-refractivity contribution in [3.63, 3.8) is 0 Å². The Balaban J connectivity index is 1.80. The van der Waals surface area contributed by atoms with Gasteiger partial charge in [0.15, 0.2) is 0 Å². The summed E-state index contributed by atoms with van der Waals surface area (Å²) in [6.45, 7) is 2.31. The Morgan fingerprint density at radius 1 is 0.864 bits per heavy atom. The fourth-order valence-electron chi connectivity index (χ4n) is 4.16. The van der Waals surface area contributed by atoms with Gasteiger partial charge in [-0.15, -0.1) is 0 Å². The molecule has 3 aromatic carbocycles. The molecule has 0 aliphatic heterocycles. The summed E-state index contributed by atoms with van der Waals surface area (Å²) < 4.78 is 0. The Morgan fingerprint density at radius 3 is 2.68 bits per heavy atom. The van der Waals surface area contributed by atoms with E-state index in [1.807, 2.05) is 0 Å². The van der Waals surface area contributed by atoms with Crippen LogP contribution in [-0.2, 0) is 6.42 Å². The lowest BCUT2D eigenvalue weighted by Gasteiger charge is -2.15. The monoisotopic (exact) mass is 282 g/mol. The molecule has 0 saturated heterocycles. The van der Waals surface area contributed by atoms with Gasteiger partial charge in [-0.25, -0.2) is 0 Å². The molecule has 0 bridgehead atoms. The Bertz CT molecular complexity index is 986. The van der Waals surface area contributed by atoms with Gasteiger partial charge in [-0.3, -0.25) is 0 Å². The van der Waals surface area contributed by atoms with Gasteiger partial charge in [0.25, 0.3) is 0 Å². The second-order valence-electron chi connectivity index (χ2n) is 6.69. The van der Waals surface area contributed by atoms with Gasteiger partial charge in [-0.2, -0.15) is 0 Å². The zero-order valence-corrected chi connectivity index (χ0v) is 12.8. The van der Waals surface area contributed by atoms with Crippen LogP contribution in [0.4, 0.5) is 0 Å². The lowest BCUT2D eigenvalue weighted by atomic mass is 9.89. The fraction of sp³-hybridized carbons (Fsp3) is 0.182. The lowest BCUT2D eigenvalue weighted by Crippen LogP contribution is -1.97. The number of hydrogen-bond donors (Lipinski definition) is 0. The molecule has 1 unspecified atom stereocenters. The van der Waals surface area contributed by atoms with E-state index in [-0.39, 0.29) is 0 Å². The molecule has 3 aromatic rings. The van der Waals surface area contributed by atoms with Crippen LogP contribution in [0.25, 0.3) is 27.1 Å². The van der Waals surface area contributed by atoms with Crippen molar-refractivity contribution in [2.75, 3.05) is 0 Å². The minimum absolute atomic E-state index is 0.664. The molecule has 0 N–H and O–H groups in total. The molecule has 0 heteroatoms. The topological polar surface area (TPSA) is 0 Å². The molecule has 0 radical (unpaired) electrons. The summed E-state index contributed by atoms with van der Waals surface area (Å²) in [6.07, 6.45) is 7.01. The van der Waals surface area contributed by atoms with Crippen molar-refractivity contribution < 1.29 is 0 Å². The van der Waals surface area contributed by atoms with E-state index in [9.17, 15) is 0 Å². The van der Waals surface area contributed by atoms with E-state index in [2.05, 4.69) is 67.6 Å². The predicted molar refractivity (Wildman–Crippen MR) is 95.0 cm³/mol. The number of hydrogen-bond acceptors (Lipinski definition) is 0. The Kier molecular flexibility index (Phi) is 2.41. The van der Waals surface area contributed by atoms with Crippen LogP contribution >= 0.6 is 0 Å². The maximum absolute atomic E-state index is 2.36. The quantitative estimate of drug-likeness (QED) is 0.450. The van der Waals surface area contributed by atoms with Crippen LogP contribution < -0.4 is 0 Å². The van der Waals surface area contributed by atoms with Gasteiger partial charge in [0.2, 0.25) is 0 Å². The van der Waals surface area contributed by atoms with Crippen molar-refractivity contribution in [2.24, 2.45) is 5.92 Å². The zero-order valence-electron chi connectivity index (χ0n) is 12.8. The molecule has 22 heavy (non-hydrogen) atoms. The first-order valence-corrected chi connectivity index (χ1v) is 8.15. The normalized spacial score (nSPS) is 19.8. The largest absolute Gasteiger partial charge is 0.0811 e. The van der Waals surface area contributed by atoms with E-state index in [0.29, 0.717) is 5.92 Å². The fourth-order valence-corrected chi connectivity index (χ4v) is 4.16. The highest BCUT2D eigenvalue weighted by molar-refractivity contribution is 6.10. The van der Waals surface area contributed by atoms with Crippen molar-refractivity contribution in [2.45, 2.75) is 19.8 Å². The highest BCUT2D eigenvalue weighted by atomic mass is 14.3. The van der Waals surface area contributed by atoms with Crippen molar-refractivity contribution in [3.8, 4) is 0 Å². The highest BCUT2D eigenvalue weighted by Crippen LogP contribution is 2.44. The molecule has 0 saturated carbocycles. The Hall–Kier alpha value is -2.34. The molecule has 5 rings (SSSR count). The predicted octanol–water partition coefficient (Wildman–Crippen LogP) is 5.90. The number of rotatable bonds is 0. The molecular formula is C22H18. The molecule has 2 aliphatic carbocycles. The lowest BCUT2D eigenvalue weighted by molar-refractivity contribution is 0.745. The summed E-state index contributed by atoms with van der Waals surface area (Å²) in [5.41, 5.74) is 6.15. The number of allylic oxidation sites excluding steroid dienone is 4. The van der Waals surface area contributed by atoms with Crippen molar-refractivity contribution >= 4 is 27.1 Å². The third-order valence-electron chi connectivity index (χ3n) is 5.27.